The van der Waals surface area contributed by atoms with Crippen molar-refractivity contribution < 1.29 is 4.74 Å². The molecule has 1 atom stereocenters. The second kappa shape index (κ2) is 5.16. The van der Waals surface area contributed by atoms with Crippen LogP contribution >= 0.6 is 0 Å². The smallest absolute Gasteiger partial charge is 0.122 e. The van der Waals surface area contributed by atoms with Crippen LogP contribution in [0.25, 0.3) is 0 Å². The number of nitrogens with two attached hydrogens (primary N) is 1. The van der Waals surface area contributed by atoms with Gasteiger partial charge in [0.25, 0.3) is 0 Å². The summed E-state index contributed by atoms with van der Waals surface area (Å²) in [6.45, 7) is 3.03. The first-order chi connectivity index (χ1) is 8.18. The number of imidazole rings is 1. The van der Waals surface area contributed by atoms with Crippen LogP contribution in [-0.2, 0) is 18.3 Å². The molecule has 2 heterocycles. The summed E-state index contributed by atoms with van der Waals surface area (Å²) >= 11 is 0. The van der Waals surface area contributed by atoms with Crippen LogP contribution in [0.4, 0.5) is 0 Å². The van der Waals surface area contributed by atoms with E-state index in [0.29, 0.717) is 6.54 Å². The average molecular weight is 238 g/mol. The van der Waals surface area contributed by atoms with Gasteiger partial charge < -0.3 is 15.0 Å². The SMILES string of the molecule is CN(Cc1nccn1C)C1(CN)CCCOC1. The van der Waals surface area contributed by atoms with Gasteiger partial charge in [-0.15, -0.1) is 0 Å². The van der Waals surface area contributed by atoms with Gasteiger partial charge in [-0.2, -0.15) is 0 Å². The number of aryl methyl sites for hydroxylation is 1. The van der Waals surface area contributed by atoms with E-state index in [0.717, 1.165) is 38.4 Å². The molecule has 2 rings (SSSR count). The highest BCUT2D eigenvalue weighted by molar-refractivity contribution is 4.97. The summed E-state index contributed by atoms with van der Waals surface area (Å²) in [5.41, 5.74) is 5.93. The van der Waals surface area contributed by atoms with Gasteiger partial charge in [0, 0.05) is 32.6 Å². The molecule has 5 heteroatoms. The monoisotopic (exact) mass is 238 g/mol. The third kappa shape index (κ3) is 2.51. The van der Waals surface area contributed by atoms with Crippen molar-refractivity contribution in [2.24, 2.45) is 12.8 Å². The van der Waals surface area contributed by atoms with Crippen LogP contribution in [0.3, 0.4) is 0 Å². The zero-order valence-corrected chi connectivity index (χ0v) is 10.7. The summed E-state index contributed by atoms with van der Waals surface area (Å²) < 4.78 is 7.64. The van der Waals surface area contributed by atoms with Crippen molar-refractivity contribution in [1.82, 2.24) is 14.5 Å². The van der Waals surface area contributed by atoms with Crippen molar-refractivity contribution in [2.75, 3.05) is 26.8 Å². The number of hydrogen-bond donors (Lipinski definition) is 1. The molecule has 0 amide bonds. The molecule has 1 aliphatic rings. The molecule has 1 fully saturated rings. The molecule has 0 radical (unpaired) electrons. The highest BCUT2D eigenvalue weighted by Crippen LogP contribution is 2.25. The lowest BCUT2D eigenvalue weighted by Gasteiger charge is -2.43. The number of rotatable bonds is 4. The lowest BCUT2D eigenvalue weighted by atomic mass is 9.91. The summed E-state index contributed by atoms with van der Waals surface area (Å²) in [7, 11) is 4.12. The Labute approximate surface area is 103 Å². The zero-order chi connectivity index (χ0) is 12.3. The Balaban J connectivity index is 2.07. The molecule has 1 saturated heterocycles. The zero-order valence-electron chi connectivity index (χ0n) is 10.7. The fourth-order valence-electron chi connectivity index (χ4n) is 2.38. The van der Waals surface area contributed by atoms with E-state index in [1.807, 2.05) is 24.0 Å². The Kier molecular flexibility index (Phi) is 3.81. The predicted octanol–water partition coefficient (Wildman–Crippen LogP) is 0.360. The third-order valence-corrected chi connectivity index (χ3v) is 3.79. The molecule has 0 aliphatic carbocycles. The van der Waals surface area contributed by atoms with Crippen molar-refractivity contribution in [3.63, 3.8) is 0 Å². The molecule has 5 nitrogen and oxygen atoms in total. The fraction of sp³-hybridized carbons (Fsp3) is 0.750. The molecule has 0 spiro atoms. The molecule has 0 saturated carbocycles. The van der Waals surface area contributed by atoms with E-state index in [9.17, 15) is 0 Å². The predicted molar refractivity (Wildman–Crippen MR) is 66.5 cm³/mol. The highest BCUT2D eigenvalue weighted by atomic mass is 16.5. The van der Waals surface area contributed by atoms with Crippen LogP contribution in [0.5, 0.6) is 0 Å². The molecular weight excluding hydrogens is 216 g/mol. The van der Waals surface area contributed by atoms with E-state index >= 15 is 0 Å². The quantitative estimate of drug-likeness (QED) is 0.823. The van der Waals surface area contributed by atoms with Crippen molar-refractivity contribution >= 4 is 0 Å². The minimum atomic E-state index is -0.0236. The maximum absolute atomic E-state index is 5.96. The lowest BCUT2D eigenvalue weighted by Crippen LogP contribution is -2.57. The van der Waals surface area contributed by atoms with Crippen LogP contribution in [-0.4, -0.2) is 46.8 Å². The van der Waals surface area contributed by atoms with Gasteiger partial charge in [-0.1, -0.05) is 0 Å². The first-order valence-corrected chi connectivity index (χ1v) is 6.13. The standard InChI is InChI=1S/C12H22N4O/c1-15-6-5-14-11(15)8-16(2)12(9-13)4-3-7-17-10-12/h5-6H,3-4,7-10,13H2,1-2H3. The molecule has 1 unspecified atom stereocenters. The number of ether oxygens (including phenoxy) is 1. The number of hydrogen-bond acceptors (Lipinski definition) is 4. The van der Waals surface area contributed by atoms with E-state index in [1.165, 1.54) is 0 Å². The maximum Gasteiger partial charge on any atom is 0.122 e. The van der Waals surface area contributed by atoms with Crippen molar-refractivity contribution in [3.05, 3.63) is 18.2 Å². The first kappa shape index (κ1) is 12.5. The summed E-state index contributed by atoms with van der Waals surface area (Å²) in [4.78, 5) is 6.64. The van der Waals surface area contributed by atoms with Gasteiger partial charge in [0.2, 0.25) is 0 Å². The van der Waals surface area contributed by atoms with E-state index < -0.39 is 0 Å². The van der Waals surface area contributed by atoms with E-state index in [2.05, 4.69) is 16.9 Å². The summed E-state index contributed by atoms with van der Waals surface area (Å²) in [5, 5.41) is 0. The molecule has 0 bridgehead atoms. The Morgan fingerprint density at radius 1 is 1.65 bits per heavy atom. The van der Waals surface area contributed by atoms with E-state index in [1.54, 1.807) is 0 Å². The highest BCUT2D eigenvalue weighted by Gasteiger charge is 2.35. The molecule has 0 aromatic carbocycles. The largest absolute Gasteiger partial charge is 0.379 e. The van der Waals surface area contributed by atoms with Crippen molar-refractivity contribution in [2.45, 2.75) is 24.9 Å². The Hall–Kier alpha value is -0.910. The van der Waals surface area contributed by atoms with Gasteiger partial charge in [0.05, 0.1) is 18.7 Å². The molecular formula is C12H22N4O. The van der Waals surface area contributed by atoms with Gasteiger partial charge in [-0.3, -0.25) is 4.90 Å². The van der Waals surface area contributed by atoms with Gasteiger partial charge >= 0.3 is 0 Å². The van der Waals surface area contributed by atoms with Crippen molar-refractivity contribution in [1.29, 1.82) is 0 Å². The maximum atomic E-state index is 5.96. The molecule has 1 aromatic rings. The topological polar surface area (TPSA) is 56.3 Å². The minimum absolute atomic E-state index is 0.0236. The minimum Gasteiger partial charge on any atom is -0.379 e. The fourth-order valence-corrected chi connectivity index (χ4v) is 2.38. The lowest BCUT2D eigenvalue weighted by molar-refractivity contribution is -0.0385. The van der Waals surface area contributed by atoms with Crippen LogP contribution < -0.4 is 5.73 Å². The molecule has 96 valence electrons. The van der Waals surface area contributed by atoms with Gasteiger partial charge in [0.15, 0.2) is 0 Å². The molecule has 17 heavy (non-hydrogen) atoms. The van der Waals surface area contributed by atoms with Crippen LogP contribution in [0.1, 0.15) is 18.7 Å². The Morgan fingerprint density at radius 2 is 2.47 bits per heavy atom. The molecule has 1 aliphatic heterocycles. The molecule has 1 aromatic heterocycles. The Bertz CT molecular complexity index is 357. The summed E-state index contributed by atoms with van der Waals surface area (Å²) in [5.74, 6) is 1.06. The summed E-state index contributed by atoms with van der Waals surface area (Å²) in [6.07, 6.45) is 5.98. The summed E-state index contributed by atoms with van der Waals surface area (Å²) in [6, 6.07) is 0. The van der Waals surface area contributed by atoms with Crippen LogP contribution in [0.2, 0.25) is 0 Å². The van der Waals surface area contributed by atoms with Crippen molar-refractivity contribution in [3.8, 4) is 0 Å². The van der Waals surface area contributed by atoms with E-state index in [-0.39, 0.29) is 5.54 Å². The molecule has 2 N–H and O–H groups in total. The van der Waals surface area contributed by atoms with E-state index in [4.69, 9.17) is 10.5 Å². The number of aromatic nitrogens is 2. The van der Waals surface area contributed by atoms with Gasteiger partial charge in [-0.25, -0.2) is 4.98 Å². The van der Waals surface area contributed by atoms with Crippen LogP contribution in [0.15, 0.2) is 12.4 Å². The second-order valence-corrected chi connectivity index (χ2v) is 4.90. The first-order valence-electron chi connectivity index (χ1n) is 6.13. The average Bonchev–Trinajstić information content (AvgIpc) is 2.76. The van der Waals surface area contributed by atoms with Gasteiger partial charge in [0.1, 0.15) is 5.82 Å². The normalized spacial score (nSPS) is 25.4. The number of nitrogens with zero attached hydrogens (tertiary/aromatic N) is 3. The number of likely N-dealkylation sites (N-methyl/N-ethyl adjacent to an activating group) is 1. The third-order valence-electron chi connectivity index (χ3n) is 3.79. The van der Waals surface area contributed by atoms with Crippen LogP contribution in [0, 0.1) is 0 Å². The second-order valence-electron chi connectivity index (χ2n) is 4.90. The van der Waals surface area contributed by atoms with Gasteiger partial charge in [-0.05, 0) is 19.9 Å². The Morgan fingerprint density at radius 3 is 3.00 bits per heavy atom.